The molecule has 1 saturated heterocycles. The minimum atomic E-state index is 0.324. The molecule has 0 aromatic heterocycles. The van der Waals surface area contributed by atoms with Crippen molar-refractivity contribution in [2.24, 2.45) is 5.92 Å². The Morgan fingerprint density at radius 2 is 1.72 bits per heavy atom. The van der Waals surface area contributed by atoms with Crippen molar-refractivity contribution in [2.75, 3.05) is 39.3 Å². The van der Waals surface area contributed by atoms with Crippen LogP contribution in [-0.2, 0) is 4.79 Å². The third-order valence-corrected chi connectivity index (χ3v) is 3.29. The molecule has 4 heteroatoms. The van der Waals surface area contributed by atoms with Crippen molar-refractivity contribution in [3.63, 3.8) is 0 Å². The first-order chi connectivity index (χ1) is 8.49. The van der Waals surface area contributed by atoms with Crippen LogP contribution in [0.4, 0.5) is 0 Å². The van der Waals surface area contributed by atoms with Gasteiger partial charge < -0.3 is 10.2 Å². The lowest BCUT2D eigenvalue weighted by atomic mass is 10.1. The van der Waals surface area contributed by atoms with Gasteiger partial charge >= 0.3 is 0 Å². The lowest BCUT2D eigenvalue weighted by Crippen LogP contribution is -2.50. The number of piperazine rings is 1. The lowest BCUT2D eigenvalue weighted by molar-refractivity contribution is -0.133. The fourth-order valence-electron chi connectivity index (χ4n) is 2.21. The van der Waals surface area contributed by atoms with E-state index in [0.29, 0.717) is 24.3 Å². The first kappa shape index (κ1) is 15.4. The molecule has 4 nitrogen and oxygen atoms in total. The smallest absolute Gasteiger partial charge is 0.222 e. The molecule has 1 amide bonds. The molecule has 1 aliphatic heterocycles. The van der Waals surface area contributed by atoms with Gasteiger partial charge in [0.1, 0.15) is 0 Å². The minimum absolute atomic E-state index is 0.324. The van der Waals surface area contributed by atoms with Crippen molar-refractivity contribution < 1.29 is 4.79 Å². The number of hydrogen-bond acceptors (Lipinski definition) is 3. The molecule has 1 N–H and O–H groups in total. The zero-order valence-electron chi connectivity index (χ0n) is 12.4. The van der Waals surface area contributed by atoms with E-state index in [1.54, 1.807) is 0 Å². The molecule has 1 fully saturated rings. The molecular weight excluding hydrogens is 226 g/mol. The molecule has 106 valence electrons. The van der Waals surface area contributed by atoms with Gasteiger partial charge in [0, 0.05) is 51.7 Å². The monoisotopic (exact) mass is 255 g/mol. The van der Waals surface area contributed by atoms with Gasteiger partial charge in [-0.2, -0.15) is 0 Å². The molecule has 0 aromatic rings. The molecule has 1 heterocycles. The fourth-order valence-corrected chi connectivity index (χ4v) is 2.21. The van der Waals surface area contributed by atoms with Crippen LogP contribution in [0.5, 0.6) is 0 Å². The van der Waals surface area contributed by atoms with E-state index >= 15 is 0 Å². The summed E-state index contributed by atoms with van der Waals surface area (Å²) in [6.07, 6.45) is 0.689. The van der Waals surface area contributed by atoms with Crippen LogP contribution >= 0.6 is 0 Å². The normalized spacial score (nSPS) is 17.8. The van der Waals surface area contributed by atoms with Crippen LogP contribution < -0.4 is 5.32 Å². The molecule has 0 saturated carbocycles. The van der Waals surface area contributed by atoms with Crippen molar-refractivity contribution >= 4 is 5.91 Å². The van der Waals surface area contributed by atoms with Crippen LogP contribution in [0.2, 0.25) is 0 Å². The van der Waals surface area contributed by atoms with E-state index in [0.717, 1.165) is 39.3 Å². The maximum atomic E-state index is 11.9. The van der Waals surface area contributed by atoms with Gasteiger partial charge in [-0.25, -0.2) is 0 Å². The van der Waals surface area contributed by atoms with E-state index in [1.807, 2.05) is 4.90 Å². The number of carbonyl (C=O) groups excluding carboxylic acids is 1. The molecule has 1 aliphatic rings. The van der Waals surface area contributed by atoms with E-state index < -0.39 is 0 Å². The zero-order chi connectivity index (χ0) is 13.5. The molecule has 0 bridgehead atoms. The number of nitrogens with zero attached hydrogens (tertiary/aromatic N) is 2. The van der Waals surface area contributed by atoms with E-state index in [9.17, 15) is 4.79 Å². The van der Waals surface area contributed by atoms with Crippen LogP contribution in [0, 0.1) is 5.92 Å². The van der Waals surface area contributed by atoms with Crippen molar-refractivity contribution in [3.05, 3.63) is 0 Å². The summed E-state index contributed by atoms with van der Waals surface area (Å²) in [6.45, 7) is 14.5. The van der Waals surface area contributed by atoms with Crippen LogP contribution in [0.15, 0.2) is 0 Å². The van der Waals surface area contributed by atoms with Crippen molar-refractivity contribution in [1.29, 1.82) is 0 Å². The maximum Gasteiger partial charge on any atom is 0.222 e. The Morgan fingerprint density at radius 1 is 1.11 bits per heavy atom. The van der Waals surface area contributed by atoms with Gasteiger partial charge in [-0.3, -0.25) is 9.69 Å². The first-order valence-corrected chi connectivity index (χ1v) is 7.22. The predicted octanol–water partition coefficient (Wildman–Crippen LogP) is 1.17. The summed E-state index contributed by atoms with van der Waals surface area (Å²) in [5.74, 6) is 0.788. The number of carbonyl (C=O) groups is 1. The summed E-state index contributed by atoms with van der Waals surface area (Å²) in [5, 5.41) is 3.43. The highest BCUT2D eigenvalue weighted by Gasteiger charge is 2.20. The first-order valence-electron chi connectivity index (χ1n) is 7.22. The number of amides is 1. The molecule has 0 aromatic carbocycles. The van der Waals surface area contributed by atoms with Crippen molar-refractivity contribution in [2.45, 2.75) is 40.2 Å². The topological polar surface area (TPSA) is 35.6 Å². The highest BCUT2D eigenvalue weighted by Crippen LogP contribution is 2.07. The Labute approximate surface area is 112 Å². The molecule has 18 heavy (non-hydrogen) atoms. The van der Waals surface area contributed by atoms with Gasteiger partial charge in [0.2, 0.25) is 5.91 Å². The highest BCUT2D eigenvalue weighted by molar-refractivity contribution is 5.76. The van der Waals surface area contributed by atoms with Gasteiger partial charge in [0.05, 0.1) is 0 Å². The summed E-state index contributed by atoms with van der Waals surface area (Å²) in [4.78, 5) is 16.4. The Morgan fingerprint density at radius 3 is 2.22 bits per heavy atom. The number of nitrogens with one attached hydrogen (secondary N) is 1. The van der Waals surface area contributed by atoms with Crippen LogP contribution in [-0.4, -0.2) is 61.0 Å². The van der Waals surface area contributed by atoms with Gasteiger partial charge in [-0.15, -0.1) is 0 Å². The molecule has 0 atom stereocenters. The third-order valence-electron chi connectivity index (χ3n) is 3.29. The van der Waals surface area contributed by atoms with E-state index in [-0.39, 0.29) is 0 Å². The summed E-state index contributed by atoms with van der Waals surface area (Å²) in [7, 11) is 0. The van der Waals surface area contributed by atoms with E-state index in [1.165, 1.54) is 0 Å². The quantitative estimate of drug-likeness (QED) is 0.774. The maximum absolute atomic E-state index is 11.9. The van der Waals surface area contributed by atoms with Crippen molar-refractivity contribution in [3.8, 4) is 0 Å². The van der Waals surface area contributed by atoms with Gasteiger partial charge in [-0.05, 0) is 5.92 Å². The summed E-state index contributed by atoms with van der Waals surface area (Å²) >= 11 is 0. The number of rotatable bonds is 6. The largest absolute Gasteiger partial charge is 0.340 e. The van der Waals surface area contributed by atoms with Crippen LogP contribution in [0.3, 0.4) is 0 Å². The zero-order valence-corrected chi connectivity index (χ0v) is 12.4. The van der Waals surface area contributed by atoms with Crippen molar-refractivity contribution in [1.82, 2.24) is 15.1 Å². The minimum Gasteiger partial charge on any atom is -0.340 e. The fraction of sp³-hybridized carbons (Fsp3) is 0.929. The van der Waals surface area contributed by atoms with E-state index in [4.69, 9.17) is 0 Å². The molecule has 0 radical (unpaired) electrons. The average molecular weight is 255 g/mol. The summed E-state index contributed by atoms with van der Waals surface area (Å²) < 4.78 is 0. The SMILES string of the molecule is CC(C)CC(=O)N1CCN(CCNC(C)C)CC1. The second-order valence-electron chi connectivity index (χ2n) is 5.93. The standard InChI is InChI=1S/C14H29N3O/c1-12(2)11-14(18)17-9-7-16(8-10-17)6-5-15-13(3)4/h12-13,15H,5-11H2,1-4H3. The second kappa shape index (κ2) is 7.74. The lowest BCUT2D eigenvalue weighted by Gasteiger charge is -2.35. The molecule has 1 rings (SSSR count). The Kier molecular flexibility index (Phi) is 6.65. The molecule has 0 spiro atoms. The summed E-state index contributed by atoms with van der Waals surface area (Å²) in [6, 6.07) is 0.555. The summed E-state index contributed by atoms with van der Waals surface area (Å²) in [5.41, 5.74) is 0. The second-order valence-corrected chi connectivity index (χ2v) is 5.93. The molecule has 0 aliphatic carbocycles. The van der Waals surface area contributed by atoms with Crippen LogP contribution in [0.25, 0.3) is 0 Å². The Balaban J connectivity index is 2.18. The van der Waals surface area contributed by atoms with Crippen LogP contribution in [0.1, 0.15) is 34.1 Å². The highest BCUT2D eigenvalue weighted by atomic mass is 16.2. The van der Waals surface area contributed by atoms with Gasteiger partial charge in [0.25, 0.3) is 0 Å². The Bertz CT molecular complexity index is 245. The van der Waals surface area contributed by atoms with Gasteiger partial charge in [0.15, 0.2) is 0 Å². The van der Waals surface area contributed by atoms with Gasteiger partial charge in [-0.1, -0.05) is 27.7 Å². The predicted molar refractivity (Wildman–Crippen MR) is 75.6 cm³/mol. The number of hydrogen-bond donors (Lipinski definition) is 1. The Hall–Kier alpha value is -0.610. The molecular formula is C14H29N3O. The average Bonchev–Trinajstić information content (AvgIpc) is 2.28. The van der Waals surface area contributed by atoms with E-state index in [2.05, 4.69) is 37.9 Å². The third kappa shape index (κ3) is 5.83. The molecule has 0 unspecified atom stereocenters.